The van der Waals surface area contributed by atoms with Gasteiger partial charge in [-0.25, -0.2) is 8.42 Å². The summed E-state index contributed by atoms with van der Waals surface area (Å²) in [6.45, 7) is -0.302. The molecular formula is C21H19IN2O3S2. The molecule has 3 aromatic rings. The summed E-state index contributed by atoms with van der Waals surface area (Å²) in [4.78, 5) is 14.6. The third-order valence-corrected chi connectivity index (χ3v) is 6.88. The lowest BCUT2D eigenvalue weighted by molar-refractivity contribution is -0.114. The van der Waals surface area contributed by atoms with Crippen LogP contribution in [0.5, 0.6) is 0 Å². The quantitative estimate of drug-likeness (QED) is 0.437. The monoisotopic (exact) mass is 538 g/mol. The number of para-hydroxylation sites is 1. The zero-order chi connectivity index (χ0) is 20.9. The van der Waals surface area contributed by atoms with Gasteiger partial charge in [-0.2, -0.15) is 0 Å². The van der Waals surface area contributed by atoms with Crippen LogP contribution in [0, 0.1) is 3.57 Å². The van der Waals surface area contributed by atoms with E-state index in [0.717, 1.165) is 23.9 Å². The van der Waals surface area contributed by atoms with Crippen LogP contribution in [0.25, 0.3) is 0 Å². The van der Waals surface area contributed by atoms with E-state index in [0.29, 0.717) is 11.4 Å². The summed E-state index contributed by atoms with van der Waals surface area (Å²) in [5, 5.41) is 2.85. The molecule has 3 rings (SSSR count). The number of carbonyl (C=O) groups is 1. The number of halogens is 1. The van der Waals surface area contributed by atoms with Gasteiger partial charge in [0.2, 0.25) is 15.9 Å². The molecule has 1 amide bonds. The minimum Gasteiger partial charge on any atom is -0.323 e. The molecule has 1 N–H and O–H groups in total. The van der Waals surface area contributed by atoms with Crippen LogP contribution < -0.4 is 9.62 Å². The predicted molar refractivity (Wildman–Crippen MR) is 127 cm³/mol. The first kappa shape index (κ1) is 21.7. The smallest absolute Gasteiger partial charge is 0.245 e. The van der Waals surface area contributed by atoms with Crippen LogP contribution in [0.1, 0.15) is 0 Å². The Morgan fingerprint density at radius 1 is 0.966 bits per heavy atom. The molecule has 0 aromatic heterocycles. The second kappa shape index (κ2) is 9.64. The van der Waals surface area contributed by atoms with Crippen molar-refractivity contribution < 1.29 is 13.2 Å². The molecule has 0 saturated carbocycles. The molecule has 0 aliphatic rings. The van der Waals surface area contributed by atoms with Crippen molar-refractivity contribution in [2.24, 2.45) is 0 Å². The normalized spacial score (nSPS) is 11.1. The summed E-state index contributed by atoms with van der Waals surface area (Å²) in [6, 6.07) is 24.3. The molecule has 0 aliphatic heterocycles. The molecule has 0 fully saturated rings. The van der Waals surface area contributed by atoms with E-state index in [1.165, 1.54) is 11.8 Å². The first-order valence-corrected chi connectivity index (χ1v) is 12.4. The van der Waals surface area contributed by atoms with Gasteiger partial charge in [-0.05, 0) is 71.1 Å². The fourth-order valence-electron chi connectivity index (χ4n) is 2.60. The topological polar surface area (TPSA) is 66.5 Å². The largest absolute Gasteiger partial charge is 0.323 e. The lowest BCUT2D eigenvalue weighted by atomic mass is 10.3. The van der Waals surface area contributed by atoms with Gasteiger partial charge in [0.25, 0.3) is 0 Å². The number of amides is 1. The number of benzene rings is 3. The molecule has 5 nitrogen and oxygen atoms in total. The molecule has 150 valence electrons. The summed E-state index contributed by atoms with van der Waals surface area (Å²) < 4.78 is 26.6. The van der Waals surface area contributed by atoms with E-state index in [2.05, 4.69) is 27.9 Å². The van der Waals surface area contributed by atoms with Gasteiger partial charge >= 0.3 is 0 Å². The highest BCUT2D eigenvalue weighted by molar-refractivity contribution is 14.1. The number of sulfonamides is 1. The van der Waals surface area contributed by atoms with Crippen molar-refractivity contribution in [1.82, 2.24) is 0 Å². The standard InChI is InChI=1S/C21H19IN2O3S2/c1-29(26,27)24(17-13-11-16(22)12-14-17)15-21(25)23-19-9-5-6-10-20(19)28-18-7-3-2-4-8-18/h2-14H,15H2,1H3,(H,23,25). The first-order valence-electron chi connectivity index (χ1n) is 8.68. The van der Waals surface area contributed by atoms with Crippen LogP contribution in [0.2, 0.25) is 0 Å². The fourth-order valence-corrected chi connectivity index (χ4v) is 4.74. The Bertz CT molecular complexity index is 1090. The van der Waals surface area contributed by atoms with E-state index >= 15 is 0 Å². The fraction of sp³-hybridized carbons (Fsp3) is 0.0952. The van der Waals surface area contributed by atoms with E-state index in [9.17, 15) is 13.2 Å². The van der Waals surface area contributed by atoms with E-state index in [1.807, 2.05) is 48.5 Å². The second-order valence-corrected chi connectivity index (χ2v) is 10.5. The number of carbonyl (C=O) groups excluding carboxylic acids is 1. The molecular weight excluding hydrogens is 519 g/mol. The highest BCUT2D eigenvalue weighted by Gasteiger charge is 2.21. The Labute approximate surface area is 188 Å². The van der Waals surface area contributed by atoms with Crippen molar-refractivity contribution in [3.63, 3.8) is 0 Å². The zero-order valence-corrected chi connectivity index (χ0v) is 19.4. The summed E-state index contributed by atoms with van der Waals surface area (Å²) in [5.41, 5.74) is 1.09. The summed E-state index contributed by atoms with van der Waals surface area (Å²) in [5.74, 6) is -0.407. The molecule has 3 aromatic carbocycles. The SMILES string of the molecule is CS(=O)(=O)N(CC(=O)Nc1ccccc1Sc1ccccc1)c1ccc(I)cc1. The zero-order valence-electron chi connectivity index (χ0n) is 15.6. The Morgan fingerprint density at radius 3 is 2.24 bits per heavy atom. The summed E-state index contributed by atoms with van der Waals surface area (Å²) in [7, 11) is -3.61. The van der Waals surface area contributed by atoms with Crippen LogP contribution in [0.4, 0.5) is 11.4 Å². The van der Waals surface area contributed by atoms with Gasteiger partial charge in [0.15, 0.2) is 0 Å². The molecule has 0 saturated heterocycles. The number of hydrogen-bond donors (Lipinski definition) is 1. The minimum atomic E-state index is -3.61. The summed E-state index contributed by atoms with van der Waals surface area (Å²) in [6.07, 6.45) is 1.09. The number of nitrogens with one attached hydrogen (secondary N) is 1. The van der Waals surface area contributed by atoms with Crippen LogP contribution in [0.3, 0.4) is 0 Å². The minimum absolute atomic E-state index is 0.302. The van der Waals surface area contributed by atoms with Crippen LogP contribution in [-0.2, 0) is 14.8 Å². The average molecular weight is 538 g/mol. The van der Waals surface area contributed by atoms with Crippen LogP contribution in [-0.4, -0.2) is 27.1 Å². The third-order valence-electron chi connectivity index (χ3n) is 3.93. The van der Waals surface area contributed by atoms with E-state index in [-0.39, 0.29) is 6.54 Å². The molecule has 29 heavy (non-hydrogen) atoms. The number of nitrogens with zero attached hydrogens (tertiary/aromatic N) is 1. The second-order valence-electron chi connectivity index (χ2n) is 6.21. The molecule has 8 heteroatoms. The van der Waals surface area contributed by atoms with E-state index in [1.54, 1.807) is 30.3 Å². The summed E-state index contributed by atoms with van der Waals surface area (Å²) >= 11 is 3.68. The van der Waals surface area contributed by atoms with Crippen molar-refractivity contribution in [3.05, 3.63) is 82.4 Å². The van der Waals surface area contributed by atoms with Gasteiger partial charge in [0.1, 0.15) is 6.54 Å². The Morgan fingerprint density at radius 2 is 1.59 bits per heavy atom. The maximum Gasteiger partial charge on any atom is 0.245 e. The first-order chi connectivity index (χ1) is 13.8. The van der Waals surface area contributed by atoms with Crippen molar-refractivity contribution >= 4 is 61.7 Å². The van der Waals surface area contributed by atoms with Crippen molar-refractivity contribution in [2.45, 2.75) is 9.79 Å². The number of anilines is 2. The van der Waals surface area contributed by atoms with Crippen molar-refractivity contribution in [1.29, 1.82) is 0 Å². The maximum atomic E-state index is 12.7. The van der Waals surface area contributed by atoms with Crippen molar-refractivity contribution in [2.75, 3.05) is 22.4 Å². The molecule has 0 bridgehead atoms. The third kappa shape index (κ3) is 6.22. The van der Waals surface area contributed by atoms with Gasteiger partial charge in [0.05, 0.1) is 17.6 Å². The van der Waals surface area contributed by atoms with Crippen LogP contribution in [0.15, 0.2) is 88.7 Å². The molecule has 0 radical (unpaired) electrons. The van der Waals surface area contributed by atoms with E-state index < -0.39 is 15.9 Å². The van der Waals surface area contributed by atoms with Gasteiger partial charge in [-0.3, -0.25) is 9.10 Å². The van der Waals surface area contributed by atoms with Crippen molar-refractivity contribution in [3.8, 4) is 0 Å². The lowest BCUT2D eigenvalue weighted by Crippen LogP contribution is -2.37. The van der Waals surface area contributed by atoms with Gasteiger partial charge in [-0.1, -0.05) is 42.1 Å². The lowest BCUT2D eigenvalue weighted by Gasteiger charge is -2.22. The Kier molecular flexibility index (Phi) is 7.20. The Balaban J connectivity index is 1.78. The molecule has 0 aliphatic carbocycles. The molecule has 0 spiro atoms. The maximum absolute atomic E-state index is 12.7. The number of rotatable bonds is 7. The van der Waals surface area contributed by atoms with E-state index in [4.69, 9.17) is 0 Å². The highest BCUT2D eigenvalue weighted by Crippen LogP contribution is 2.33. The predicted octanol–water partition coefficient (Wildman–Crippen LogP) is 4.85. The highest BCUT2D eigenvalue weighted by atomic mass is 127. The van der Waals surface area contributed by atoms with Gasteiger partial charge in [0, 0.05) is 13.4 Å². The van der Waals surface area contributed by atoms with Gasteiger partial charge < -0.3 is 5.32 Å². The Hall–Kier alpha value is -2.04. The number of hydrogen-bond acceptors (Lipinski definition) is 4. The molecule has 0 heterocycles. The van der Waals surface area contributed by atoms with Crippen LogP contribution >= 0.6 is 34.4 Å². The average Bonchev–Trinajstić information content (AvgIpc) is 2.68. The van der Waals surface area contributed by atoms with Gasteiger partial charge in [-0.15, -0.1) is 0 Å². The molecule has 0 unspecified atom stereocenters. The molecule has 0 atom stereocenters.